The third-order valence-electron chi connectivity index (χ3n) is 5.56. The van der Waals surface area contributed by atoms with E-state index in [1.165, 1.54) is 20.0 Å². The zero-order valence-corrected chi connectivity index (χ0v) is 16.5. The number of ether oxygens (including phenoxy) is 1. The third kappa shape index (κ3) is 3.88. The summed E-state index contributed by atoms with van der Waals surface area (Å²) in [6.07, 6.45) is 5.87. The molecular formula is C23H24N4O2. The first kappa shape index (κ1) is 17.9. The van der Waals surface area contributed by atoms with Gasteiger partial charge in [0.05, 0.1) is 12.6 Å². The molecule has 29 heavy (non-hydrogen) atoms. The Morgan fingerprint density at radius 3 is 2.69 bits per heavy atom. The summed E-state index contributed by atoms with van der Waals surface area (Å²) in [7, 11) is 1.44. The average molecular weight is 388 g/mol. The molecule has 2 aliphatic rings. The van der Waals surface area contributed by atoms with Gasteiger partial charge in [0.15, 0.2) is 0 Å². The molecule has 6 nitrogen and oxygen atoms in total. The normalized spacial score (nSPS) is 15.9. The summed E-state index contributed by atoms with van der Waals surface area (Å²) >= 11 is 0. The van der Waals surface area contributed by atoms with E-state index in [2.05, 4.69) is 45.6 Å². The topological polar surface area (TPSA) is 67.3 Å². The maximum Gasteiger partial charge on any atom is 0.410 e. The summed E-state index contributed by atoms with van der Waals surface area (Å²) in [5, 5.41) is 4.54. The van der Waals surface area contributed by atoms with Crippen LogP contribution in [-0.4, -0.2) is 40.2 Å². The highest BCUT2D eigenvalue weighted by Crippen LogP contribution is 2.32. The van der Waals surface area contributed by atoms with Gasteiger partial charge in [0.1, 0.15) is 12.1 Å². The van der Waals surface area contributed by atoms with Crippen molar-refractivity contribution in [1.82, 2.24) is 14.9 Å². The number of carbonyl (C=O) groups is 1. The van der Waals surface area contributed by atoms with Crippen LogP contribution in [-0.2, 0) is 11.3 Å². The largest absolute Gasteiger partial charge is 0.453 e. The Morgan fingerprint density at radius 2 is 1.93 bits per heavy atom. The highest BCUT2D eigenvalue weighted by Gasteiger charge is 2.33. The summed E-state index contributed by atoms with van der Waals surface area (Å²) < 4.78 is 4.96. The fraction of sp³-hybridized carbons (Fsp3) is 0.348. The van der Waals surface area contributed by atoms with Crippen molar-refractivity contribution < 1.29 is 9.53 Å². The Labute approximate surface area is 169 Å². The van der Waals surface area contributed by atoms with E-state index in [1.807, 2.05) is 17.0 Å². The van der Waals surface area contributed by atoms with Crippen LogP contribution >= 0.6 is 0 Å². The van der Waals surface area contributed by atoms with Crippen molar-refractivity contribution in [2.75, 3.05) is 12.4 Å². The molecule has 0 aliphatic heterocycles. The monoisotopic (exact) mass is 388 g/mol. The summed E-state index contributed by atoms with van der Waals surface area (Å²) in [6.45, 7) is 0.566. The second kappa shape index (κ2) is 7.35. The van der Waals surface area contributed by atoms with Crippen LogP contribution in [0.3, 0.4) is 0 Å². The predicted molar refractivity (Wildman–Crippen MR) is 113 cm³/mol. The zero-order chi connectivity index (χ0) is 19.8. The Hall–Kier alpha value is -3.15. The summed E-state index contributed by atoms with van der Waals surface area (Å²) in [6, 6.07) is 15.5. The number of rotatable bonds is 6. The van der Waals surface area contributed by atoms with Crippen molar-refractivity contribution in [3.8, 4) is 11.1 Å². The van der Waals surface area contributed by atoms with E-state index in [-0.39, 0.29) is 6.09 Å². The van der Waals surface area contributed by atoms with Crippen molar-refractivity contribution in [3.05, 3.63) is 54.4 Å². The van der Waals surface area contributed by atoms with Gasteiger partial charge in [-0.05, 0) is 60.6 Å². The Morgan fingerprint density at radius 1 is 1.10 bits per heavy atom. The Kier molecular flexibility index (Phi) is 4.54. The molecule has 1 heterocycles. The van der Waals surface area contributed by atoms with Crippen LogP contribution in [0.4, 0.5) is 10.6 Å². The number of carbonyl (C=O) groups excluding carboxylic acids is 1. The predicted octanol–water partition coefficient (Wildman–Crippen LogP) is 4.60. The summed E-state index contributed by atoms with van der Waals surface area (Å²) in [5.74, 6) is 0.904. The van der Waals surface area contributed by atoms with Gasteiger partial charge in [0.2, 0.25) is 0 Å². The fourth-order valence-corrected chi connectivity index (χ4v) is 3.66. The van der Waals surface area contributed by atoms with Crippen LogP contribution in [0, 0.1) is 0 Å². The van der Waals surface area contributed by atoms with Crippen LogP contribution in [0.2, 0.25) is 0 Å². The van der Waals surface area contributed by atoms with E-state index < -0.39 is 0 Å². The van der Waals surface area contributed by atoms with Crippen molar-refractivity contribution in [3.63, 3.8) is 0 Å². The van der Waals surface area contributed by atoms with E-state index in [1.54, 1.807) is 6.33 Å². The number of methoxy groups -OCH3 is 1. The first-order valence-electron chi connectivity index (χ1n) is 10.2. The summed E-state index contributed by atoms with van der Waals surface area (Å²) in [4.78, 5) is 22.8. The number of hydrogen-bond acceptors (Lipinski definition) is 5. The van der Waals surface area contributed by atoms with E-state index in [0.29, 0.717) is 18.6 Å². The fourth-order valence-electron chi connectivity index (χ4n) is 3.66. The lowest BCUT2D eigenvalue weighted by Crippen LogP contribution is -2.32. The molecule has 0 spiro atoms. The van der Waals surface area contributed by atoms with Crippen molar-refractivity contribution in [1.29, 1.82) is 0 Å². The van der Waals surface area contributed by atoms with Gasteiger partial charge in [-0.3, -0.25) is 0 Å². The number of nitrogens with one attached hydrogen (secondary N) is 1. The van der Waals surface area contributed by atoms with Gasteiger partial charge < -0.3 is 15.0 Å². The number of benzene rings is 2. The maximum atomic E-state index is 12.1. The molecule has 0 atom stereocenters. The smallest absolute Gasteiger partial charge is 0.410 e. The third-order valence-corrected chi connectivity index (χ3v) is 5.56. The quantitative estimate of drug-likeness (QED) is 0.668. The lowest BCUT2D eigenvalue weighted by atomic mass is 10.0. The number of amides is 1. The first-order valence-corrected chi connectivity index (χ1v) is 10.2. The van der Waals surface area contributed by atoms with E-state index in [0.717, 1.165) is 46.3 Å². The molecule has 2 aromatic carbocycles. The minimum atomic E-state index is -0.253. The molecule has 3 aromatic rings. The molecule has 6 heteroatoms. The minimum Gasteiger partial charge on any atom is -0.453 e. The summed E-state index contributed by atoms with van der Waals surface area (Å²) in [5.41, 5.74) is 4.27. The molecule has 2 aliphatic carbocycles. The standard InChI is InChI=1S/C23H24N4O2/c1-29-23(28)27(19-8-9-19)13-15-3-2-4-16(11-15)17-5-10-21-20(12-17)22(25-14-24-21)26-18-6-7-18/h2-5,10-12,14,18-19H,6-9,13H2,1H3,(H,24,25,26). The highest BCUT2D eigenvalue weighted by molar-refractivity contribution is 5.92. The van der Waals surface area contributed by atoms with E-state index in [9.17, 15) is 4.79 Å². The molecule has 2 saturated carbocycles. The number of fused-ring (bicyclic) bond motifs is 1. The van der Waals surface area contributed by atoms with Gasteiger partial charge in [-0.2, -0.15) is 0 Å². The molecular weight excluding hydrogens is 364 g/mol. The lowest BCUT2D eigenvalue weighted by molar-refractivity contribution is 0.118. The van der Waals surface area contributed by atoms with Crippen LogP contribution in [0.15, 0.2) is 48.8 Å². The molecule has 0 radical (unpaired) electrons. The second-order valence-electron chi connectivity index (χ2n) is 7.90. The van der Waals surface area contributed by atoms with Gasteiger partial charge in [-0.1, -0.05) is 24.3 Å². The first-order chi connectivity index (χ1) is 14.2. The van der Waals surface area contributed by atoms with Crippen LogP contribution in [0.1, 0.15) is 31.2 Å². The lowest BCUT2D eigenvalue weighted by Gasteiger charge is -2.21. The number of aromatic nitrogens is 2. The van der Waals surface area contributed by atoms with Gasteiger partial charge in [-0.15, -0.1) is 0 Å². The van der Waals surface area contributed by atoms with E-state index >= 15 is 0 Å². The Bertz CT molecular complexity index is 1060. The molecule has 0 saturated heterocycles. The van der Waals surface area contributed by atoms with Crippen LogP contribution < -0.4 is 5.32 Å². The molecule has 1 amide bonds. The Balaban J connectivity index is 1.45. The molecule has 148 valence electrons. The molecule has 0 bridgehead atoms. The molecule has 5 rings (SSSR count). The molecule has 2 fully saturated rings. The van der Waals surface area contributed by atoms with Crippen molar-refractivity contribution in [2.24, 2.45) is 0 Å². The zero-order valence-electron chi connectivity index (χ0n) is 16.5. The average Bonchev–Trinajstić information content (AvgIpc) is 3.67. The van der Waals surface area contributed by atoms with Crippen molar-refractivity contribution >= 4 is 22.8 Å². The van der Waals surface area contributed by atoms with Crippen LogP contribution in [0.25, 0.3) is 22.0 Å². The van der Waals surface area contributed by atoms with E-state index in [4.69, 9.17) is 4.74 Å². The maximum absolute atomic E-state index is 12.1. The number of nitrogens with zero attached hydrogens (tertiary/aromatic N) is 3. The van der Waals surface area contributed by atoms with Gasteiger partial charge in [0, 0.05) is 24.0 Å². The number of anilines is 1. The molecule has 1 N–H and O–H groups in total. The minimum absolute atomic E-state index is 0.253. The van der Waals surface area contributed by atoms with Crippen LogP contribution in [0.5, 0.6) is 0 Å². The SMILES string of the molecule is COC(=O)N(Cc1cccc(-c2ccc3ncnc(NC4CC4)c3c2)c1)C1CC1. The molecule has 1 aromatic heterocycles. The molecule has 0 unspecified atom stereocenters. The second-order valence-corrected chi connectivity index (χ2v) is 7.90. The van der Waals surface area contributed by atoms with Gasteiger partial charge in [0.25, 0.3) is 0 Å². The highest BCUT2D eigenvalue weighted by atomic mass is 16.5. The van der Waals surface area contributed by atoms with Crippen molar-refractivity contribution in [2.45, 2.75) is 44.3 Å². The number of hydrogen-bond donors (Lipinski definition) is 1. The van der Waals surface area contributed by atoms with Gasteiger partial charge in [-0.25, -0.2) is 14.8 Å². The van der Waals surface area contributed by atoms with Gasteiger partial charge >= 0.3 is 6.09 Å².